The summed E-state index contributed by atoms with van der Waals surface area (Å²) in [5.74, 6) is -0.333. The van der Waals surface area contributed by atoms with Gasteiger partial charge in [0.2, 0.25) is 0 Å². The Hall–Kier alpha value is -4.02. The van der Waals surface area contributed by atoms with Crippen LogP contribution in [0.25, 0.3) is 28.4 Å². The predicted molar refractivity (Wildman–Crippen MR) is 161 cm³/mol. The van der Waals surface area contributed by atoms with Crippen LogP contribution in [0, 0.1) is 0 Å². The number of hydrogen-bond acceptors (Lipinski definition) is 8. The number of likely N-dealkylation sites (tertiary alicyclic amines) is 2. The average Bonchev–Trinajstić information content (AvgIpc) is 3.40. The maximum atomic E-state index is 13.5. The minimum absolute atomic E-state index is 0.0837. The Labute approximate surface area is 249 Å². The molecule has 0 radical (unpaired) electrons. The average molecular weight is 585 g/mol. The van der Waals surface area contributed by atoms with Gasteiger partial charge in [0.25, 0.3) is 5.56 Å². The number of pyridine rings is 2. The van der Waals surface area contributed by atoms with Crippen LogP contribution < -0.4 is 10.3 Å². The standard InChI is InChI=1S/C33H36N4O6/c1-3-22-23-16-20-18-37-27(17-25-24(30(37)38)19-42-31(39)33(25,41)4-2)29(20)34-26(23)8-9-28(22)43-32(40)36-14-10-21(11-15-36)35-12-6-5-7-13-35/h3,8-9,16-17,21,41H,1,4-7,10-15,18-19H2,2H3/t33-/m0/s1. The summed E-state index contributed by atoms with van der Waals surface area (Å²) in [4.78, 5) is 48.4. The first-order valence-electron chi connectivity index (χ1n) is 15.3. The van der Waals surface area contributed by atoms with Crippen LogP contribution >= 0.6 is 0 Å². The van der Waals surface area contributed by atoms with Crippen LogP contribution in [0.3, 0.4) is 0 Å². The first-order chi connectivity index (χ1) is 20.8. The van der Waals surface area contributed by atoms with Crippen LogP contribution in [0.5, 0.6) is 5.75 Å². The molecule has 43 heavy (non-hydrogen) atoms. The minimum atomic E-state index is -1.88. The third kappa shape index (κ3) is 4.46. The number of aliphatic hydroxyl groups is 1. The molecule has 3 aromatic rings. The van der Waals surface area contributed by atoms with Crippen molar-refractivity contribution >= 4 is 29.0 Å². The number of aromatic nitrogens is 2. The molecule has 0 aliphatic carbocycles. The second-order valence-corrected chi connectivity index (χ2v) is 12.0. The van der Waals surface area contributed by atoms with Crippen LogP contribution in [0.15, 0.2) is 35.6 Å². The number of ether oxygens (including phenoxy) is 2. The number of rotatable bonds is 4. The molecule has 1 amide bonds. The van der Waals surface area contributed by atoms with Gasteiger partial charge in [-0.05, 0) is 69.5 Å². The SMILES string of the molecule is C=Cc1c(OC(=O)N2CCC(N3CCCCC3)CC2)ccc2nc3c(cc12)Cn1c-3cc2c(c1=O)COC(=O)[C@]2(O)CC. The van der Waals surface area contributed by atoms with Gasteiger partial charge in [-0.3, -0.25) is 4.79 Å². The highest BCUT2D eigenvalue weighted by Gasteiger charge is 2.45. The van der Waals surface area contributed by atoms with Crippen molar-refractivity contribution in [2.24, 2.45) is 0 Å². The lowest BCUT2D eigenvalue weighted by molar-refractivity contribution is -0.172. The molecule has 10 nitrogen and oxygen atoms in total. The molecule has 6 heterocycles. The van der Waals surface area contributed by atoms with E-state index >= 15 is 0 Å². The zero-order valence-corrected chi connectivity index (χ0v) is 24.4. The molecule has 0 bridgehead atoms. The van der Waals surface area contributed by atoms with Crippen molar-refractivity contribution in [3.8, 4) is 17.1 Å². The van der Waals surface area contributed by atoms with Gasteiger partial charge in [-0.1, -0.05) is 26.0 Å². The van der Waals surface area contributed by atoms with Crippen LogP contribution in [-0.2, 0) is 28.3 Å². The normalized spacial score (nSPS) is 22.1. The van der Waals surface area contributed by atoms with E-state index in [2.05, 4.69) is 11.5 Å². The maximum absolute atomic E-state index is 13.5. The largest absolute Gasteiger partial charge is 0.458 e. The fourth-order valence-electron chi connectivity index (χ4n) is 7.21. The first kappa shape index (κ1) is 27.8. The van der Waals surface area contributed by atoms with Crippen molar-refractivity contribution in [3.05, 3.63) is 63.5 Å². The third-order valence-corrected chi connectivity index (χ3v) is 9.72. The number of fused-ring (bicyclic) bond motifs is 5. The molecule has 1 aromatic carbocycles. The lowest BCUT2D eigenvalue weighted by Gasteiger charge is -2.39. The molecule has 7 rings (SSSR count). The van der Waals surface area contributed by atoms with Gasteiger partial charge in [-0.25, -0.2) is 14.6 Å². The van der Waals surface area contributed by atoms with Gasteiger partial charge in [0.1, 0.15) is 12.4 Å². The topological polar surface area (TPSA) is 114 Å². The monoisotopic (exact) mass is 584 g/mol. The Morgan fingerprint density at radius 1 is 1.16 bits per heavy atom. The molecule has 0 saturated carbocycles. The van der Waals surface area contributed by atoms with Gasteiger partial charge in [-0.15, -0.1) is 0 Å². The van der Waals surface area contributed by atoms with Crippen LogP contribution in [0.1, 0.15) is 67.7 Å². The van der Waals surface area contributed by atoms with Crippen molar-refractivity contribution in [1.82, 2.24) is 19.4 Å². The Morgan fingerprint density at radius 2 is 1.93 bits per heavy atom. The zero-order valence-electron chi connectivity index (χ0n) is 24.4. The van der Waals surface area contributed by atoms with E-state index in [0.29, 0.717) is 47.3 Å². The Bertz CT molecular complexity index is 1720. The Morgan fingerprint density at radius 3 is 2.65 bits per heavy atom. The molecule has 0 unspecified atom stereocenters. The molecule has 0 spiro atoms. The summed E-state index contributed by atoms with van der Waals surface area (Å²) in [6, 6.07) is 7.72. The van der Waals surface area contributed by atoms with Gasteiger partial charge in [0.05, 0.1) is 29.0 Å². The van der Waals surface area contributed by atoms with E-state index in [9.17, 15) is 19.5 Å². The van der Waals surface area contributed by atoms with E-state index in [1.54, 1.807) is 40.7 Å². The summed E-state index contributed by atoms with van der Waals surface area (Å²) in [6.45, 7) is 9.44. The van der Waals surface area contributed by atoms with Gasteiger partial charge in [0.15, 0.2) is 5.60 Å². The molecule has 2 aromatic heterocycles. The number of amides is 1. The zero-order chi connectivity index (χ0) is 29.9. The van der Waals surface area contributed by atoms with Crippen LogP contribution in [0.2, 0.25) is 0 Å². The van der Waals surface area contributed by atoms with E-state index in [1.165, 1.54) is 19.3 Å². The summed E-state index contributed by atoms with van der Waals surface area (Å²) in [5.41, 5.74) is 1.66. The van der Waals surface area contributed by atoms with Crippen molar-refractivity contribution in [2.75, 3.05) is 26.2 Å². The number of carbonyl (C=O) groups excluding carboxylic acids is 2. The number of nitrogens with zero attached hydrogens (tertiary/aromatic N) is 4. The highest BCUT2D eigenvalue weighted by Crippen LogP contribution is 2.40. The Balaban J connectivity index is 1.16. The van der Waals surface area contributed by atoms with E-state index < -0.39 is 11.6 Å². The number of cyclic esters (lactones) is 1. The van der Waals surface area contributed by atoms with Crippen LogP contribution in [0.4, 0.5) is 4.79 Å². The summed E-state index contributed by atoms with van der Waals surface area (Å²) in [5, 5.41) is 11.9. The Kier molecular flexibility index (Phi) is 6.85. The number of piperidine rings is 2. The van der Waals surface area contributed by atoms with E-state index in [1.807, 2.05) is 6.07 Å². The predicted octanol–water partition coefficient (Wildman–Crippen LogP) is 4.17. The fraction of sp³-hybridized carbons (Fsp3) is 0.455. The quantitative estimate of drug-likeness (QED) is 0.356. The van der Waals surface area contributed by atoms with Crippen molar-refractivity contribution in [1.29, 1.82) is 0 Å². The van der Waals surface area contributed by atoms with Crippen LogP contribution in [-0.4, -0.2) is 68.7 Å². The van der Waals surface area contributed by atoms with E-state index in [0.717, 1.165) is 36.9 Å². The number of benzene rings is 1. The van der Waals surface area contributed by atoms with E-state index in [4.69, 9.17) is 14.5 Å². The second kappa shape index (κ2) is 10.6. The molecular weight excluding hydrogens is 548 g/mol. The van der Waals surface area contributed by atoms with Crippen molar-refractivity contribution in [2.45, 2.75) is 70.2 Å². The molecule has 1 N–H and O–H groups in total. The molecule has 4 aliphatic heterocycles. The molecule has 224 valence electrons. The van der Waals surface area contributed by atoms with E-state index in [-0.39, 0.29) is 42.4 Å². The lowest BCUT2D eigenvalue weighted by Crippen LogP contribution is -2.48. The van der Waals surface area contributed by atoms with Gasteiger partial charge >= 0.3 is 12.1 Å². The first-order valence-corrected chi connectivity index (χ1v) is 15.3. The molecule has 10 heteroatoms. The van der Waals surface area contributed by atoms with Gasteiger partial charge in [-0.2, -0.15) is 0 Å². The van der Waals surface area contributed by atoms with Gasteiger partial charge < -0.3 is 28.9 Å². The second-order valence-electron chi connectivity index (χ2n) is 12.0. The number of carbonyl (C=O) groups is 2. The molecule has 4 aliphatic rings. The molecular formula is C33H36N4O6. The van der Waals surface area contributed by atoms with Crippen molar-refractivity contribution in [3.63, 3.8) is 0 Å². The van der Waals surface area contributed by atoms with Gasteiger partial charge in [0, 0.05) is 41.2 Å². The fourth-order valence-corrected chi connectivity index (χ4v) is 7.21. The summed E-state index contributed by atoms with van der Waals surface area (Å²) in [6.07, 6.45) is 7.13. The summed E-state index contributed by atoms with van der Waals surface area (Å²) >= 11 is 0. The maximum Gasteiger partial charge on any atom is 0.415 e. The summed E-state index contributed by atoms with van der Waals surface area (Å²) < 4.78 is 12.7. The number of esters is 1. The van der Waals surface area contributed by atoms with Crippen molar-refractivity contribution < 1.29 is 24.2 Å². The third-order valence-electron chi connectivity index (χ3n) is 9.72. The molecule has 2 fully saturated rings. The lowest BCUT2D eigenvalue weighted by atomic mass is 9.86. The molecule has 2 saturated heterocycles. The smallest absolute Gasteiger partial charge is 0.415 e. The number of hydrogen-bond donors (Lipinski definition) is 1. The molecule has 1 atom stereocenters. The summed E-state index contributed by atoms with van der Waals surface area (Å²) in [7, 11) is 0. The highest BCUT2D eigenvalue weighted by molar-refractivity contribution is 5.94. The highest BCUT2D eigenvalue weighted by atomic mass is 16.6. The minimum Gasteiger partial charge on any atom is -0.458 e.